The average Bonchev–Trinajstić information content (AvgIpc) is 2.92. The van der Waals surface area contributed by atoms with Gasteiger partial charge in [-0.15, -0.1) is 0 Å². The number of rotatable bonds is 6. The number of hydrogen-bond acceptors (Lipinski definition) is 6. The number of sulfone groups is 1. The Bertz CT molecular complexity index is 1070. The second-order valence-electron chi connectivity index (χ2n) is 6.78. The van der Waals surface area contributed by atoms with Crippen LogP contribution in [-0.4, -0.2) is 38.9 Å². The molecule has 0 saturated carbocycles. The van der Waals surface area contributed by atoms with E-state index in [4.69, 9.17) is 4.74 Å². The zero-order valence-corrected chi connectivity index (χ0v) is 16.2. The first-order valence-electron chi connectivity index (χ1n) is 8.56. The van der Waals surface area contributed by atoms with Gasteiger partial charge in [0.2, 0.25) is 5.91 Å². The molecule has 0 unspecified atom stereocenters. The van der Waals surface area contributed by atoms with Crippen LogP contribution in [0.3, 0.4) is 0 Å². The van der Waals surface area contributed by atoms with E-state index >= 15 is 0 Å². The number of benzene rings is 2. The lowest BCUT2D eigenvalue weighted by atomic mass is 9.99. The number of carbonyl (C=O) groups excluding carboxylic acids is 3. The number of Topliss-reactive ketones (excluding diaryl/α,β-unsaturated/α-hetero) is 1. The van der Waals surface area contributed by atoms with Crippen molar-refractivity contribution < 1.29 is 27.5 Å². The molecule has 1 aliphatic rings. The average molecular weight is 401 g/mol. The van der Waals surface area contributed by atoms with Crippen molar-refractivity contribution in [3.63, 3.8) is 0 Å². The predicted molar refractivity (Wildman–Crippen MR) is 103 cm³/mol. The van der Waals surface area contributed by atoms with Crippen LogP contribution >= 0.6 is 0 Å². The van der Waals surface area contributed by atoms with Crippen LogP contribution in [0.1, 0.15) is 44.7 Å². The molecule has 0 saturated heterocycles. The third-order valence-corrected chi connectivity index (χ3v) is 5.27. The zero-order chi connectivity index (χ0) is 20.5. The Balaban J connectivity index is 1.66. The molecule has 0 spiro atoms. The fraction of sp³-hybridized carbons (Fsp3) is 0.250. The molecular weight excluding hydrogens is 382 g/mol. The highest BCUT2D eigenvalue weighted by molar-refractivity contribution is 7.89. The summed E-state index contributed by atoms with van der Waals surface area (Å²) in [6, 6.07) is 10.9. The third kappa shape index (κ3) is 4.45. The van der Waals surface area contributed by atoms with Gasteiger partial charge < -0.3 is 10.1 Å². The number of hydrogen-bond donors (Lipinski definition) is 1. The number of amides is 1. The zero-order valence-electron chi connectivity index (χ0n) is 15.4. The third-order valence-electron chi connectivity index (χ3n) is 4.42. The molecule has 0 aromatic heterocycles. The molecule has 0 fully saturated rings. The minimum Gasteiger partial charge on any atom is -0.454 e. The van der Waals surface area contributed by atoms with Crippen LogP contribution in [0.2, 0.25) is 0 Å². The maximum Gasteiger partial charge on any atom is 0.338 e. The van der Waals surface area contributed by atoms with Crippen molar-refractivity contribution in [2.45, 2.75) is 18.6 Å². The Morgan fingerprint density at radius 1 is 1.11 bits per heavy atom. The van der Waals surface area contributed by atoms with E-state index in [2.05, 4.69) is 5.32 Å². The first-order valence-corrected chi connectivity index (χ1v) is 10.6. The minimum absolute atomic E-state index is 0.125. The molecule has 146 valence electrons. The topological polar surface area (TPSA) is 107 Å². The van der Waals surface area contributed by atoms with Crippen molar-refractivity contribution in [2.24, 2.45) is 0 Å². The van der Waals surface area contributed by atoms with Gasteiger partial charge in [0.25, 0.3) is 0 Å². The summed E-state index contributed by atoms with van der Waals surface area (Å²) in [5, 5.41) is 2.73. The van der Waals surface area contributed by atoms with Crippen LogP contribution < -0.4 is 5.32 Å². The van der Waals surface area contributed by atoms with Crippen molar-refractivity contribution >= 4 is 33.2 Å². The second-order valence-corrected chi connectivity index (χ2v) is 8.92. The Morgan fingerprint density at radius 2 is 1.86 bits per heavy atom. The summed E-state index contributed by atoms with van der Waals surface area (Å²) in [6.45, 7) is 1.29. The van der Waals surface area contributed by atoms with Gasteiger partial charge in [-0.1, -0.05) is 12.1 Å². The SMILES string of the molecule is C[C@@H]1C(=O)Nc2ccc(C(=O)COC(=O)c3cccc(CS(C)(=O)=O)c3)cc21. The molecule has 1 heterocycles. The van der Waals surface area contributed by atoms with E-state index in [0.29, 0.717) is 16.8 Å². The Kier molecular flexibility index (Phi) is 5.33. The van der Waals surface area contributed by atoms with Crippen LogP contribution in [0.4, 0.5) is 5.69 Å². The maximum atomic E-state index is 12.4. The van der Waals surface area contributed by atoms with Crippen molar-refractivity contribution in [1.29, 1.82) is 0 Å². The van der Waals surface area contributed by atoms with Crippen molar-refractivity contribution in [2.75, 3.05) is 18.2 Å². The molecule has 0 bridgehead atoms. The monoisotopic (exact) mass is 401 g/mol. The number of ketones is 1. The van der Waals surface area contributed by atoms with Gasteiger partial charge in [-0.3, -0.25) is 9.59 Å². The fourth-order valence-corrected chi connectivity index (χ4v) is 3.76. The van der Waals surface area contributed by atoms with E-state index < -0.39 is 28.2 Å². The summed E-state index contributed by atoms with van der Waals surface area (Å²) < 4.78 is 27.9. The van der Waals surface area contributed by atoms with Crippen LogP contribution in [0, 0.1) is 0 Å². The van der Waals surface area contributed by atoms with Crippen LogP contribution in [0.15, 0.2) is 42.5 Å². The number of anilines is 1. The molecule has 1 atom stereocenters. The van der Waals surface area contributed by atoms with Gasteiger partial charge in [-0.05, 0) is 48.4 Å². The van der Waals surface area contributed by atoms with E-state index in [1.54, 1.807) is 37.3 Å². The van der Waals surface area contributed by atoms with Crippen molar-refractivity contribution in [3.05, 3.63) is 64.7 Å². The lowest BCUT2D eigenvalue weighted by Gasteiger charge is -2.08. The number of esters is 1. The van der Waals surface area contributed by atoms with Gasteiger partial charge in [0.15, 0.2) is 22.2 Å². The van der Waals surface area contributed by atoms with Gasteiger partial charge in [-0.2, -0.15) is 0 Å². The molecule has 28 heavy (non-hydrogen) atoms. The van der Waals surface area contributed by atoms with Crippen molar-refractivity contribution in [3.8, 4) is 0 Å². The highest BCUT2D eigenvalue weighted by atomic mass is 32.2. The normalized spacial score (nSPS) is 15.6. The molecule has 0 radical (unpaired) electrons. The Hall–Kier alpha value is -3.00. The Morgan fingerprint density at radius 3 is 2.57 bits per heavy atom. The van der Waals surface area contributed by atoms with E-state index in [1.165, 1.54) is 12.1 Å². The summed E-state index contributed by atoms with van der Waals surface area (Å²) in [6.07, 6.45) is 1.11. The first kappa shape index (κ1) is 19.8. The van der Waals surface area contributed by atoms with Crippen molar-refractivity contribution in [1.82, 2.24) is 0 Å². The van der Waals surface area contributed by atoms with Gasteiger partial charge in [0.05, 0.1) is 17.2 Å². The van der Waals surface area contributed by atoms with E-state index in [0.717, 1.165) is 11.8 Å². The number of nitrogens with one attached hydrogen (secondary N) is 1. The molecule has 2 aromatic carbocycles. The van der Waals surface area contributed by atoms with Gasteiger partial charge in [0, 0.05) is 17.5 Å². The minimum atomic E-state index is -3.23. The number of fused-ring (bicyclic) bond motifs is 1. The molecule has 8 heteroatoms. The standard InChI is InChI=1S/C20H19NO6S/c1-12-16-9-14(6-7-17(16)21-19(12)23)18(22)10-27-20(24)15-5-3-4-13(8-15)11-28(2,25)26/h3-9,12H,10-11H2,1-2H3,(H,21,23)/t12-/m0/s1. The molecular formula is C20H19NO6S. The van der Waals surface area contributed by atoms with Crippen LogP contribution in [0.25, 0.3) is 0 Å². The van der Waals surface area contributed by atoms with Gasteiger partial charge in [-0.25, -0.2) is 13.2 Å². The smallest absolute Gasteiger partial charge is 0.338 e. The lowest BCUT2D eigenvalue weighted by Crippen LogP contribution is -2.15. The largest absolute Gasteiger partial charge is 0.454 e. The molecule has 2 aromatic rings. The van der Waals surface area contributed by atoms with E-state index in [9.17, 15) is 22.8 Å². The summed E-state index contributed by atoms with van der Waals surface area (Å²) in [7, 11) is -3.23. The van der Waals surface area contributed by atoms with Gasteiger partial charge >= 0.3 is 5.97 Å². The summed E-state index contributed by atoms with van der Waals surface area (Å²) >= 11 is 0. The highest BCUT2D eigenvalue weighted by Crippen LogP contribution is 2.32. The Labute approximate surface area is 162 Å². The first-order chi connectivity index (χ1) is 13.1. The summed E-state index contributed by atoms with van der Waals surface area (Å²) in [4.78, 5) is 36.3. The van der Waals surface area contributed by atoms with E-state index in [1.807, 2.05) is 0 Å². The van der Waals surface area contributed by atoms with E-state index in [-0.39, 0.29) is 23.1 Å². The molecule has 7 nitrogen and oxygen atoms in total. The quantitative estimate of drug-likeness (QED) is 0.588. The second kappa shape index (κ2) is 7.55. The molecule has 0 aliphatic carbocycles. The van der Waals surface area contributed by atoms with Crippen LogP contribution in [-0.2, 0) is 25.1 Å². The molecule has 1 aliphatic heterocycles. The van der Waals surface area contributed by atoms with Gasteiger partial charge in [0.1, 0.15) is 0 Å². The maximum absolute atomic E-state index is 12.4. The predicted octanol–water partition coefficient (Wildman–Crippen LogP) is 2.33. The highest BCUT2D eigenvalue weighted by Gasteiger charge is 2.27. The lowest BCUT2D eigenvalue weighted by molar-refractivity contribution is -0.116. The molecule has 3 rings (SSSR count). The summed E-state index contributed by atoms with van der Waals surface area (Å²) in [5.41, 5.74) is 2.39. The van der Waals surface area contributed by atoms with Crippen LogP contribution in [0.5, 0.6) is 0 Å². The number of carbonyl (C=O) groups is 3. The number of ether oxygens (including phenoxy) is 1. The molecule has 1 N–H and O–H groups in total. The summed E-state index contributed by atoms with van der Waals surface area (Å²) in [5.74, 6) is -1.76. The molecule has 1 amide bonds. The fourth-order valence-electron chi connectivity index (χ4n) is 2.98.